The molecule has 1 N–H and O–H groups in total. The third kappa shape index (κ3) is 3.22. The zero-order valence-electron chi connectivity index (χ0n) is 15.4. The highest BCUT2D eigenvalue weighted by Gasteiger charge is 2.41. The number of Topliss-reactive ketones (excluding diaryl/α,β-unsaturated/α-hetero) is 1. The van der Waals surface area contributed by atoms with Crippen molar-refractivity contribution in [3.8, 4) is 11.3 Å². The molecule has 2 aromatic rings. The lowest BCUT2D eigenvalue weighted by atomic mass is 9.67. The molecule has 140 valence electrons. The highest BCUT2D eigenvalue weighted by molar-refractivity contribution is 7.14. The molecule has 2 unspecified atom stereocenters. The second-order valence-electron chi connectivity index (χ2n) is 8.26. The number of nitrogens with zero attached hydrogens (tertiary/aromatic N) is 1. The molecule has 0 spiro atoms. The van der Waals surface area contributed by atoms with Crippen molar-refractivity contribution in [2.24, 2.45) is 17.8 Å². The number of hydrogen-bond donors (Lipinski definition) is 1. The van der Waals surface area contributed by atoms with E-state index in [0.717, 1.165) is 36.9 Å². The van der Waals surface area contributed by atoms with Crippen LogP contribution in [0.2, 0.25) is 0 Å². The first-order valence-corrected chi connectivity index (χ1v) is 11.0. The Labute approximate surface area is 163 Å². The van der Waals surface area contributed by atoms with Gasteiger partial charge in [-0.05, 0) is 62.1 Å². The monoisotopic (exact) mass is 380 g/mol. The van der Waals surface area contributed by atoms with E-state index >= 15 is 0 Å². The van der Waals surface area contributed by atoms with Gasteiger partial charge in [-0.3, -0.25) is 9.59 Å². The van der Waals surface area contributed by atoms with Gasteiger partial charge in [0.15, 0.2) is 5.13 Å². The third-order valence-electron chi connectivity index (χ3n) is 6.55. The van der Waals surface area contributed by atoms with Gasteiger partial charge < -0.3 is 5.32 Å². The molecule has 2 atom stereocenters. The van der Waals surface area contributed by atoms with E-state index in [-0.39, 0.29) is 23.7 Å². The molecule has 1 heterocycles. The van der Waals surface area contributed by atoms with Crippen LogP contribution in [0.4, 0.5) is 5.13 Å². The number of aromatic nitrogens is 1. The number of fused-ring (bicyclic) bond motifs is 3. The van der Waals surface area contributed by atoms with E-state index in [0.29, 0.717) is 23.8 Å². The van der Waals surface area contributed by atoms with Crippen LogP contribution in [0.5, 0.6) is 0 Å². The molecule has 1 aromatic carbocycles. The molecular weight excluding hydrogens is 356 g/mol. The van der Waals surface area contributed by atoms with Crippen molar-refractivity contribution >= 4 is 28.2 Å². The van der Waals surface area contributed by atoms with Gasteiger partial charge in [-0.2, -0.15) is 0 Å². The van der Waals surface area contributed by atoms with E-state index in [1.165, 1.54) is 35.3 Å². The number of benzene rings is 1. The number of thiazole rings is 1. The summed E-state index contributed by atoms with van der Waals surface area (Å²) in [6.07, 6.45) is 8.04. The summed E-state index contributed by atoms with van der Waals surface area (Å²) in [4.78, 5) is 29.6. The lowest BCUT2D eigenvalue weighted by Crippen LogP contribution is -2.40. The maximum Gasteiger partial charge on any atom is 0.229 e. The Balaban J connectivity index is 1.28. The number of aryl methyl sites for hydroxylation is 2. The standard InChI is InChI=1S/C22H24N2O2S/c25-20-16-5-2-6-17(20)11-18(10-16)21(26)24-22-23-19(12-27-22)15-8-7-13-3-1-4-14(13)9-15/h7-9,12,16-18H,1-6,10-11H2,(H,23,24,26). The van der Waals surface area contributed by atoms with Crippen LogP contribution in [0.15, 0.2) is 23.6 Å². The summed E-state index contributed by atoms with van der Waals surface area (Å²) < 4.78 is 0. The second-order valence-corrected chi connectivity index (χ2v) is 9.12. The molecule has 3 aliphatic rings. The normalized spacial score (nSPS) is 26.7. The van der Waals surface area contributed by atoms with Crippen LogP contribution in [-0.2, 0) is 22.4 Å². The number of amides is 1. The van der Waals surface area contributed by atoms with Crippen molar-refractivity contribution < 1.29 is 9.59 Å². The highest BCUT2D eigenvalue weighted by atomic mass is 32.1. The van der Waals surface area contributed by atoms with Crippen LogP contribution in [0, 0.1) is 17.8 Å². The van der Waals surface area contributed by atoms with Crippen molar-refractivity contribution in [2.75, 3.05) is 5.32 Å². The summed E-state index contributed by atoms with van der Waals surface area (Å²) in [6, 6.07) is 6.60. The average molecular weight is 381 g/mol. The molecule has 2 fully saturated rings. The first kappa shape index (κ1) is 17.1. The Morgan fingerprint density at radius 3 is 2.67 bits per heavy atom. The Bertz CT molecular complexity index is 887. The molecular formula is C22H24N2O2S. The van der Waals surface area contributed by atoms with Crippen molar-refractivity contribution in [3.63, 3.8) is 0 Å². The third-order valence-corrected chi connectivity index (χ3v) is 7.31. The number of nitrogens with one attached hydrogen (secondary N) is 1. The molecule has 5 rings (SSSR count). The van der Waals surface area contributed by atoms with Gasteiger partial charge in [0.05, 0.1) is 5.69 Å². The number of carbonyl (C=O) groups is 2. The van der Waals surface area contributed by atoms with Gasteiger partial charge in [0.25, 0.3) is 0 Å². The SMILES string of the molecule is O=C(Nc1nc(-c2ccc3c(c2)CCC3)cs1)C1CC2CCCC(C1)C2=O. The smallest absolute Gasteiger partial charge is 0.229 e. The van der Waals surface area contributed by atoms with Gasteiger partial charge in [0, 0.05) is 28.7 Å². The van der Waals surface area contributed by atoms with E-state index < -0.39 is 0 Å². The first-order chi connectivity index (χ1) is 13.2. The molecule has 0 saturated heterocycles. The lowest BCUT2D eigenvalue weighted by Gasteiger charge is -2.36. The van der Waals surface area contributed by atoms with Gasteiger partial charge in [-0.15, -0.1) is 11.3 Å². The van der Waals surface area contributed by atoms with Crippen LogP contribution in [-0.4, -0.2) is 16.7 Å². The molecule has 5 heteroatoms. The molecule has 4 nitrogen and oxygen atoms in total. The summed E-state index contributed by atoms with van der Waals surface area (Å²) in [6.45, 7) is 0. The van der Waals surface area contributed by atoms with Crippen molar-refractivity contribution in [1.82, 2.24) is 4.98 Å². The van der Waals surface area contributed by atoms with Crippen LogP contribution >= 0.6 is 11.3 Å². The van der Waals surface area contributed by atoms with Crippen LogP contribution in [0.25, 0.3) is 11.3 Å². The van der Waals surface area contributed by atoms with E-state index in [2.05, 4.69) is 28.5 Å². The second kappa shape index (κ2) is 6.86. The number of ketones is 1. The number of carbonyl (C=O) groups excluding carboxylic acids is 2. The van der Waals surface area contributed by atoms with E-state index in [9.17, 15) is 9.59 Å². The van der Waals surface area contributed by atoms with Gasteiger partial charge >= 0.3 is 0 Å². The van der Waals surface area contributed by atoms with Gasteiger partial charge in [0.2, 0.25) is 5.91 Å². The number of hydrogen-bond acceptors (Lipinski definition) is 4. The largest absolute Gasteiger partial charge is 0.302 e. The van der Waals surface area contributed by atoms with Crippen LogP contribution in [0.3, 0.4) is 0 Å². The minimum atomic E-state index is -0.0506. The fraction of sp³-hybridized carbons (Fsp3) is 0.500. The Morgan fingerprint density at radius 1 is 1.07 bits per heavy atom. The van der Waals surface area contributed by atoms with Crippen molar-refractivity contribution in [1.29, 1.82) is 0 Å². The van der Waals surface area contributed by atoms with Gasteiger partial charge in [0.1, 0.15) is 5.78 Å². The molecule has 3 aliphatic carbocycles. The Kier molecular flexibility index (Phi) is 4.35. The lowest BCUT2D eigenvalue weighted by molar-refractivity contribution is -0.136. The minimum Gasteiger partial charge on any atom is -0.302 e. The molecule has 1 aromatic heterocycles. The Hall–Kier alpha value is -2.01. The van der Waals surface area contributed by atoms with Crippen LogP contribution < -0.4 is 5.32 Å². The van der Waals surface area contributed by atoms with Crippen molar-refractivity contribution in [2.45, 2.75) is 51.4 Å². The quantitative estimate of drug-likeness (QED) is 0.844. The molecule has 27 heavy (non-hydrogen) atoms. The average Bonchev–Trinajstić information content (AvgIpc) is 3.29. The predicted octanol–water partition coefficient (Wildman–Crippen LogP) is 4.63. The molecule has 2 bridgehead atoms. The van der Waals surface area contributed by atoms with Gasteiger partial charge in [-0.25, -0.2) is 4.98 Å². The van der Waals surface area contributed by atoms with E-state index in [1.807, 2.05) is 5.38 Å². The summed E-state index contributed by atoms with van der Waals surface area (Å²) in [5.74, 6) is 0.594. The zero-order chi connectivity index (χ0) is 18.4. The van der Waals surface area contributed by atoms with Crippen molar-refractivity contribution in [3.05, 3.63) is 34.7 Å². The summed E-state index contributed by atoms with van der Waals surface area (Å²) in [5.41, 5.74) is 4.95. The molecule has 0 radical (unpaired) electrons. The highest BCUT2D eigenvalue weighted by Crippen LogP contribution is 2.40. The fourth-order valence-corrected chi connectivity index (χ4v) is 5.82. The molecule has 0 aliphatic heterocycles. The van der Waals surface area contributed by atoms with Crippen LogP contribution in [0.1, 0.15) is 49.7 Å². The number of rotatable bonds is 3. The summed E-state index contributed by atoms with van der Waals surface area (Å²) in [7, 11) is 0. The maximum atomic E-state index is 12.7. The zero-order valence-corrected chi connectivity index (χ0v) is 16.2. The van der Waals surface area contributed by atoms with E-state index in [1.54, 1.807) is 0 Å². The summed E-state index contributed by atoms with van der Waals surface area (Å²) in [5, 5.41) is 5.70. The maximum absolute atomic E-state index is 12.7. The topological polar surface area (TPSA) is 59.1 Å². The first-order valence-electron chi connectivity index (χ1n) is 10.1. The molecule has 2 saturated carbocycles. The predicted molar refractivity (Wildman–Crippen MR) is 107 cm³/mol. The minimum absolute atomic E-state index is 0.0363. The Morgan fingerprint density at radius 2 is 1.85 bits per heavy atom. The molecule has 1 amide bonds. The summed E-state index contributed by atoms with van der Waals surface area (Å²) >= 11 is 1.48. The van der Waals surface area contributed by atoms with E-state index in [4.69, 9.17) is 0 Å². The van der Waals surface area contributed by atoms with Gasteiger partial charge in [-0.1, -0.05) is 18.6 Å². The number of anilines is 1. The fourth-order valence-electron chi connectivity index (χ4n) is 5.10.